The van der Waals surface area contributed by atoms with Gasteiger partial charge < -0.3 is 25.2 Å². The number of hydrogen-bond acceptors (Lipinski definition) is 9. The highest BCUT2D eigenvalue weighted by molar-refractivity contribution is 7.99. The van der Waals surface area contributed by atoms with Crippen LogP contribution in [0, 0.1) is 12.8 Å². The van der Waals surface area contributed by atoms with Crippen LogP contribution in [0.3, 0.4) is 0 Å². The third-order valence-corrected chi connectivity index (χ3v) is 7.19. The number of carbonyl (C=O) groups excluding carboxylic acids is 1. The summed E-state index contributed by atoms with van der Waals surface area (Å²) in [5.74, 6) is 2.99. The Balaban J connectivity index is 1.44. The van der Waals surface area contributed by atoms with Crippen LogP contribution in [0.2, 0.25) is 0 Å². The van der Waals surface area contributed by atoms with Gasteiger partial charge in [-0.25, -0.2) is 9.97 Å². The van der Waals surface area contributed by atoms with Crippen LogP contribution in [0.25, 0.3) is 0 Å². The van der Waals surface area contributed by atoms with E-state index in [1.54, 1.807) is 0 Å². The first kappa shape index (κ1) is 25.3. The van der Waals surface area contributed by atoms with E-state index in [-0.39, 0.29) is 11.8 Å². The van der Waals surface area contributed by atoms with Crippen LogP contribution in [-0.2, 0) is 4.79 Å². The normalized spacial score (nSPS) is 16.0. The lowest BCUT2D eigenvalue weighted by Gasteiger charge is -2.34. The number of benzene rings is 1. The van der Waals surface area contributed by atoms with Crippen molar-refractivity contribution in [2.24, 2.45) is 5.92 Å². The molecule has 37 heavy (non-hydrogen) atoms. The van der Waals surface area contributed by atoms with Crippen molar-refractivity contribution in [3.63, 3.8) is 0 Å². The second-order valence-corrected chi connectivity index (χ2v) is 10.6. The van der Waals surface area contributed by atoms with Gasteiger partial charge in [0.1, 0.15) is 0 Å². The maximum Gasteiger partial charge on any atom is 0.227 e. The molecule has 0 radical (unpaired) electrons. The molecule has 2 aromatic heterocycles. The van der Waals surface area contributed by atoms with E-state index in [0.717, 1.165) is 67.5 Å². The fraction of sp³-hybridized carbons (Fsp3) is 0.462. The highest BCUT2D eigenvalue weighted by Gasteiger charge is 2.29. The Kier molecular flexibility index (Phi) is 7.80. The number of nitrogens with one attached hydrogen (secondary N) is 3. The molecular weight excluding hydrogens is 488 g/mol. The fourth-order valence-corrected chi connectivity index (χ4v) is 4.78. The molecule has 3 N–H and O–H groups in total. The lowest BCUT2D eigenvalue weighted by molar-refractivity contribution is -0.117. The van der Waals surface area contributed by atoms with Gasteiger partial charge in [0, 0.05) is 54.4 Å². The van der Waals surface area contributed by atoms with Crippen molar-refractivity contribution < 1.29 is 9.53 Å². The van der Waals surface area contributed by atoms with Gasteiger partial charge >= 0.3 is 0 Å². The van der Waals surface area contributed by atoms with Crippen molar-refractivity contribution in [1.29, 1.82) is 0 Å². The number of aryl methyl sites for hydroxylation is 1. The van der Waals surface area contributed by atoms with E-state index >= 15 is 0 Å². The molecular formula is C26H34N8O2S. The van der Waals surface area contributed by atoms with Crippen molar-refractivity contribution in [1.82, 2.24) is 25.1 Å². The molecule has 3 aromatic rings. The van der Waals surface area contributed by atoms with E-state index in [2.05, 4.69) is 44.6 Å². The predicted octanol–water partition coefficient (Wildman–Crippen LogP) is 4.29. The van der Waals surface area contributed by atoms with Crippen molar-refractivity contribution >= 4 is 40.8 Å². The summed E-state index contributed by atoms with van der Waals surface area (Å²) in [5.41, 5.74) is 1.76. The van der Waals surface area contributed by atoms with Crippen molar-refractivity contribution in [3.8, 4) is 5.75 Å². The summed E-state index contributed by atoms with van der Waals surface area (Å²) < 4.78 is 6.23. The molecule has 0 bridgehead atoms. The fourth-order valence-electron chi connectivity index (χ4n) is 4.02. The molecule has 3 heterocycles. The number of carbonyl (C=O) groups is 1. The molecule has 5 rings (SSSR count). The van der Waals surface area contributed by atoms with Crippen LogP contribution in [-0.4, -0.2) is 70.8 Å². The Hall–Kier alpha value is -3.31. The number of anilines is 4. The van der Waals surface area contributed by atoms with Crippen LogP contribution in [0.4, 0.5) is 23.1 Å². The Morgan fingerprint density at radius 3 is 2.57 bits per heavy atom. The maximum absolute atomic E-state index is 12.1. The topological polar surface area (TPSA) is 111 Å². The molecule has 1 saturated carbocycles. The third kappa shape index (κ3) is 6.53. The van der Waals surface area contributed by atoms with Gasteiger partial charge in [-0.3, -0.25) is 9.89 Å². The third-order valence-electron chi connectivity index (χ3n) is 6.31. The van der Waals surface area contributed by atoms with E-state index in [1.165, 1.54) is 11.8 Å². The van der Waals surface area contributed by atoms with Crippen molar-refractivity contribution in [2.75, 3.05) is 55.4 Å². The summed E-state index contributed by atoms with van der Waals surface area (Å²) in [5, 5.41) is 14.3. The van der Waals surface area contributed by atoms with Gasteiger partial charge in [-0.15, -0.1) is 0 Å². The first-order valence-electron chi connectivity index (χ1n) is 12.8. The van der Waals surface area contributed by atoms with Gasteiger partial charge in [0.15, 0.2) is 22.6 Å². The zero-order valence-electron chi connectivity index (χ0n) is 21.6. The minimum atomic E-state index is 0.104. The van der Waals surface area contributed by atoms with E-state index in [1.807, 2.05) is 37.3 Å². The highest BCUT2D eigenvalue weighted by Crippen LogP contribution is 2.39. The summed E-state index contributed by atoms with van der Waals surface area (Å²) in [7, 11) is 2.14. The van der Waals surface area contributed by atoms with Crippen LogP contribution in [0.5, 0.6) is 5.75 Å². The lowest BCUT2D eigenvalue weighted by Crippen LogP contribution is -2.45. The quantitative estimate of drug-likeness (QED) is 0.336. The molecule has 0 atom stereocenters. The maximum atomic E-state index is 12.1. The van der Waals surface area contributed by atoms with E-state index < -0.39 is 0 Å². The minimum absolute atomic E-state index is 0.104. The van der Waals surface area contributed by atoms with E-state index in [0.29, 0.717) is 29.1 Å². The molecule has 1 amide bonds. The summed E-state index contributed by atoms with van der Waals surface area (Å²) in [6.07, 6.45) is 2.85. The second kappa shape index (κ2) is 11.4. The minimum Gasteiger partial charge on any atom is -0.486 e. The zero-order chi connectivity index (χ0) is 25.8. The Morgan fingerprint density at radius 1 is 1.16 bits per heavy atom. The number of hydrogen-bond donors (Lipinski definition) is 3. The first-order chi connectivity index (χ1) is 18.0. The molecule has 11 heteroatoms. The lowest BCUT2D eigenvalue weighted by atomic mass is 10.3. The number of H-pyrrole nitrogens is 1. The second-order valence-electron chi connectivity index (χ2n) is 9.60. The van der Waals surface area contributed by atoms with Gasteiger partial charge in [-0.1, -0.05) is 6.92 Å². The van der Waals surface area contributed by atoms with Crippen LogP contribution >= 0.6 is 11.8 Å². The standard InChI is InChI=1S/C26H34N8O2S/c1-4-15-36-22-23(28-21-16-17(2)31-32-21)29-26(30-24(22)34-13-11-33(3)12-14-34)37-20-9-7-19(8-10-20)27-25(35)18-5-6-18/h7-10,16,18H,4-6,11-15H2,1-3H3,(H,27,35)(H2,28,29,30,31,32). The highest BCUT2D eigenvalue weighted by atomic mass is 32.2. The molecule has 0 spiro atoms. The first-order valence-corrected chi connectivity index (χ1v) is 13.7. The van der Waals surface area contributed by atoms with Gasteiger partial charge in [-0.2, -0.15) is 5.10 Å². The van der Waals surface area contributed by atoms with E-state index in [4.69, 9.17) is 14.7 Å². The summed E-state index contributed by atoms with van der Waals surface area (Å²) in [6.45, 7) is 8.23. The van der Waals surface area contributed by atoms with Crippen LogP contribution in [0.1, 0.15) is 31.9 Å². The summed E-state index contributed by atoms with van der Waals surface area (Å²) >= 11 is 1.48. The van der Waals surface area contributed by atoms with Crippen LogP contribution in [0.15, 0.2) is 40.4 Å². The number of aromatic nitrogens is 4. The zero-order valence-corrected chi connectivity index (χ0v) is 22.4. The molecule has 1 aliphatic heterocycles. The molecule has 0 unspecified atom stereocenters. The molecule has 2 aliphatic rings. The van der Waals surface area contributed by atoms with Gasteiger partial charge in [0.2, 0.25) is 11.7 Å². The summed E-state index contributed by atoms with van der Waals surface area (Å²) in [4.78, 5) is 27.5. The number of piperazine rings is 1. The monoisotopic (exact) mass is 522 g/mol. The molecule has 196 valence electrons. The van der Waals surface area contributed by atoms with E-state index in [9.17, 15) is 4.79 Å². The van der Waals surface area contributed by atoms with Gasteiger partial charge in [-0.05, 0) is 69.3 Å². The Morgan fingerprint density at radius 2 is 1.92 bits per heavy atom. The molecule has 1 saturated heterocycles. The molecule has 1 aromatic carbocycles. The number of nitrogens with zero attached hydrogens (tertiary/aromatic N) is 5. The Bertz CT molecular complexity index is 1220. The Labute approximate surface area is 221 Å². The number of likely N-dealkylation sites (N-methyl/N-ethyl adjacent to an activating group) is 1. The van der Waals surface area contributed by atoms with Gasteiger partial charge in [0.05, 0.1) is 6.61 Å². The smallest absolute Gasteiger partial charge is 0.227 e. The molecule has 1 aliphatic carbocycles. The van der Waals surface area contributed by atoms with Gasteiger partial charge in [0.25, 0.3) is 0 Å². The number of ether oxygens (including phenoxy) is 1. The predicted molar refractivity (Wildman–Crippen MR) is 146 cm³/mol. The number of aromatic amines is 1. The van der Waals surface area contributed by atoms with Crippen molar-refractivity contribution in [3.05, 3.63) is 36.0 Å². The van der Waals surface area contributed by atoms with Crippen molar-refractivity contribution in [2.45, 2.75) is 43.2 Å². The average molecular weight is 523 g/mol. The number of rotatable bonds is 10. The average Bonchev–Trinajstić information content (AvgIpc) is 3.67. The van der Waals surface area contributed by atoms with Crippen LogP contribution < -0.4 is 20.3 Å². The molecule has 10 nitrogen and oxygen atoms in total. The molecule has 2 fully saturated rings. The summed E-state index contributed by atoms with van der Waals surface area (Å²) in [6, 6.07) is 9.75. The SMILES string of the molecule is CCCOc1c(Nc2cc(C)[nH]n2)nc(Sc2ccc(NC(=O)C3CC3)cc2)nc1N1CCN(C)CC1. The largest absolute Gasteiger partial charge is 0.486 e. The number of amides is 1.